The second kappa shape index (κ2) is 11.5. The standard InChI is InChI=1S/C38H44N4O4/c1-10-22-18(3)25-17-30-33(37(45)38(7,8)11-2)20(5)27(40-30)15-26-19(4)23(12-13-32(44)46-9)35(41-26)24-14-31(43)34-21(6)28(42-36(24)34)16-29(22)39-25/h11,15-17,19,23,37,41,43,45H,2,10,12-14H2,1,3-9H3/t19-,23-,37?/m0/s1. The SMILES string of the molecule is C=CC(C)(C)C(O)C1=C(C)C2=NC1=CC1=NC(=CC3=C(C)C4=C(O)CC(=C5NC(=C2)[C@@H](C)[C@@H]5CCC(=O)OC)C4=N3)C(CC)=C1C. The van der Waals surface area contributed by atoms with E-state index in [1.807, 2.05) is 39.8 Å². The number of fused-ring (bicyclic) bond motifs is 5. The number of ether oxygens (including phenoxy) is 1. The van der Waals surface area contributed by atoms with Crippen molar-refractivity contribution in [3.05, 3.63) is 104 Å². The highest BCUT2D eigenvalue weighted by Gasteiger charge is 2.42. The Labute approximate surface area is 271 Å². The highest BCUT2D eigenvalue weighted by molar-refractivity contribution is 6.21. The predicted octanol–water partition coefficient (Wildman–Crippen LogP) is 7.18. The van der Waals surface area contributed by atoms with Crippen LogP contribution in [0.4, 0.5) is 0 Å². The normalized spacial score (nSPS) is 24.6. The molecule has 0 aromatic carbocycles. The minimum Gasteiger partial charge on any atom is -0.511 e. The molecule has 0 radical (unpaired) electrons. The lowest BCUT2D eigenvalue weighted by molar-refractivity contribution is -0.140. The molecule has 1 unspecified atom stereocenters. The van der Waals surface area contributed by atoms with Crippen LogP contribution in [-0.4, -0.2) is 46.5 Å². The van der Waals surface area contributed by atoms with Gasteiger partial charge in [-0.3, -0.25) is 4.79 Å². The summed E-state index contributed by atoms with van der Waals surface area (Å²) in [5, 5.41) is 26.7. The van der Waals surface area contributed by atoms with E-state index in [1.54, 1.807) is 6.08 Å². The van der Waals surface area contributed by atoms with Crippen LogP contribution in [-0.2, 0) is 9.53 Å². The number of nitrogens with zero attached hydrogens (tertiary/aromatic N) is 3. The van der Waals surface area contributed by atoms with E-state index in [9.17, 15) is 15.0 Å². The zero-order valence-corrected chi connectivity index (χ0v) is 28.1. The number of aliphatic imine (C=N–C) groups is 3. The molecule has 6 rings (SSSR count). The fourth-order valence-electron chi connectivity index (χ4n) is 7.33. The number of hydrogen-bond acceptors (Lipinski definition) is 8. The van der Waals surface area contributed by atoms with Crippen molar-refractivity contribution in [3.8, 4) is 0 Å². The third-order valence-electron chi connectivity index (χ3n) is 10.5. The van der Waals surface area contributed by atoms with E-state index in [-0.39, 0.29) is 24.2 Å². The smallest absolute Gasteiger partial charge is 0.305 e. The van der Waals surface area contributed by atoms with Crippen LogP contribution in [0.5, 0.6) is 0 Å². The van der Waals surface area contributed by atoms with Crippen LogP contribution < -0.4 is 5.32 Å². The van der Waals surface area contributed by atoms with Gasteiger partial charge in [-0.1, -0.05) is 33.8 Å². The summed E-state index contributed by atoms with van der Waals surface area (Å²) >= 11 is 0. The quantitative estimate of drug-likeness (QED) is 0.206. The van der Waals surface area contributed by atoms with Crippen molar-refractivity contribution in [2.45, 2.75) is 80.3 Å². The Balaban J connectivity index is 1.61. The minimum absolute atomic E-state index is 0.0193. The molecule has 240 valence electrons. The summed E-state index contributed by atoms with van der Waals surface area (Å²) in [5.74, 6) is 0.0397. The number of nitrogens with one attached hydrogen (secondary N) is 1. The fourth-order valence-corrected chi connectivity index (χ4v) is 7.33. The van der Waals surface area contributed by atoms with Crippen LogP contribution in [0.3, 0.4) is 0 Å². The summed E-state index contributed by atoms with van der Waals surface area (Å²) < 4.78 is 4.99. The number of methoxy groups -OCH3 is 1. The molecule has 6 aliphatic rings. The van der Waals surface area contributed by atoms with E-state index >= 15 is 0 Å². The number of allylic oxidation sites excluding steroid dienone is 11. The van der Waals surface area contributed by atoms with Crippen molar-refractivity contribution in [2.24, 2.45) is 32.2 Å². The lowest BCUT2D eigenvalue weighted by atomic mass is 9.80. The molecule has 8 bridgehead atoms. The van der Waals surface area contributed by atoms with Gasteiger partial charge in [-0.05, 0) is 74.1 Å². The number of carbonyl (C=O) groups excluding carboxylic acids is 1. The molecule has 0 amide bonds. The summed E-state index contributed by atoms with van der Waals surface area (Å²) in [4.78, 5) is 27.6. The molecule has 1 fully saturated rings. The van der Waals surface area contributed by atoms with Crippen molar-refractivity contribution in [1.82, 2.24) is 5.32 Å². The largest absolute Gasteiger partial charge is 0.511 e. The number of rotatable bonds is 7. The van der Waals surface area contributed by atoms with Crippen molar-refractivity contribution >= 4 is 23.1 Å². The van der Waals surface area contributed by atoms with E-state index in [4.69, 9.17) is 19.7 Å². The molecule has 5 heterocycles. The maximum absolute atomic E-state index is 12.3. The van der Waals surface area contributed by atoms with Gasteiger partial charge in [0.25, 0.3) is 0 Å². The van der Waals surface area contributed by atoms with Crippen molar-refractivity contribution in [1.29, 1.82) is 0 Å². The van der Waals surface area contributed by atoms with Crippen LogP contribution in [0, 0.1) is 17.3 Å². The monoisotopic (exact) mass is 620 g/mol. The molecular formula is C38H44N4O4. The lowest BCUT2D eigenvalue weighted by Crippen LogP contribution is -2.30. The second-order valence-electron chi connectivity index (χ2n) is 13.6. The molecule has 0 spiro atoms. The van der Waals surface area contributed by atoms with Gasteiger partial charge in [0.2, 0.25) is 0 Å². The van der Waals surface area contributed by atoms with Gasteiger partial charge in [0.05, 0.1) is 47.4 Å². The van der Waals surface area contributed by atoms with Gasteiger partial charge in [-0.15, -0.1) is 6.58 Å². The molecule has 1 aliphatic carbocycles. The Hall–Kier alpha value is -4.30. The Morgan fingerprint density at radius 1 is 1.11 bits per heavy atom. The predicted molar refractivity (Wildman–Crippen MR) is 183 cm³/mol. The minimum atomic E-state index is -0.839. The zero-order chi connectivity index (χ0) is 33.2. The molecule has 1 saturated heterocycles. The average Bonchev–Trinajstić information content (AvgIpc) is 3.78. The van der Waals surface area contributed by atoms with Crippen LogP contribution in [0.15, 0.2) is 119 Å². The van der Waals surface area contributed by atoms with Crippen molar-refractivity contribution in [2.75, 3.05) is 7.11 Å². The van der Waals surface area contributed by atoms with Gasteiger partial charge in [0.1, 0.15) is 5.76 Å². The molecule has 0 aromatic heterocycles. The first-order valence-electron chi connectivity index (χ1n) is 16.2. The zero-order valence-electron chi connectivity index (χ0n) is 28.1. The van der Waals surface area contributed by atoms with Crippen LogP contribution in [0.1, 0.15) is 74.1 Å². The first-order valence-corrected chi connectivity index (χ1v) is 16.2. The van der Waals surface area contributed by atoms with E-state index in [1.165, 1.54) is 7.11 Å². The lowest BCUT2D eigenvalue weighted by Gasteiger charge is -2.29. The number of esters is 1. The van der Waals surface area contributed by atoms with Crippen LogP contribution in [0.25, 0.3) is 0 Å². The maximum atomic E-state index is 12.3. The third kappa shape index (κ3) is 4.94. The molecule has 0 aromatic rings. The molecule has 0 saturated carbocycles. The Morgan fingerprint density at radius 3 is 2.48 bits per heavy atom. The average molecular weight is 621 g/mol. The summed E-state index contributed by atoms with van der Waals surface area (Å²) in [7, 11) is 1.41. The highest BCUT2D eigenvalue weighted by Crippen LogP contribution is 2.47. The van der Waals surface area contributed by atoms with Gasteiger partial charge in [0, 0.05) is 58.2 Å². The Morgan fingerprint density at radius 2 is 1.80 bits per heavy atom. The van der Waals surface area contributed by atoms with Crippen LogP contribution in [0.2, 0.25) is 0 Å². The summed E-state index contributed by atoms with van der Waals surface area (Å²) in [5.41, 5.74) is 12.5. The third-order valence-corrected chi connectivity index (χ3v) is 10.5. The maximum Gasteiger partial charge on any atom is 0.305 e. The van der Waals surface area contributed by atoms with Gasteiger partial charge >= 0.3 is 5.97 Å². The number of aliphatic hydroxyl groups excluding tert-OH is 2. The van der Waals surface area contributed by atoms with Gasteiger partial charge in [0.15, 0.2) is 0 Å². The van der Waals surface area contributed by atoms with E-state index in [0.717, 1.165) is 85.4 Å². The van der Waals surface area contributed by atoms with Crippen molar-refractivity contribution < 1.29 is 19.7 Å². The summed E-state index contributed by atoms with van der Waals surface area (Å²) in [6, 6.07) is 0. The molecule has 46 heavy (non-hydrogen) atoms. The highest BCUT2D eigenvalue weighted by atomic mass is 16.5. The van der Waals surface area contributed by atoms with E-state index in [0.29, 0.717) is 24.3 Å². The first kappa shape index (κ1) is 31.7. The second-order valence-corrected chi connectivity index (χ2v) is 13.6. The van der Waals surface area contributed by atoms with Crippen LogP contribution >= 0.6 is 0 Å². The molecule has 3 atom stereocenters. The molecule has 8 heteroatoms. The molecule has 5 aliphatic heterocycles. The fraction of sp³-hybridized carbons (Fsp3) is 0.421. The Kier molecular flexibility index (Phi) is 7.92. The topological polar surface area (TPSA) is 116 Å². The first-order chi connectivity index (χ1) is 21.8. The van der Waals surface area contributed by atoms with Gasteiger partial charge in [-0.2, -0.15) is 0 Å². The number of aliphatic hydroxyl groups is 2. The number of hydrogen-bond donors (Lipinski definition) is 3. The van der Waals surface area contributed by atoms with E-state index in [2.05, 4.69) is 38.7 Å². The van der Waals surface area contributed by atoms with Gasteiger partial charge < -0.3 is 20.3 Å². The molecule has 3 N–H and O–H groups in total. The number of carbonyl (C=O) groups is 1. The van der Waals surface area contributed by atoms with E-state index < -0.39 is 11.5 Å². The van der Waals surface area contributed by atoms with Crippen molar-refractivity contribution in [3.63, 3.8) is 0 Å². The van der Waals surface area contributed by atoms with Gasteiger partial charge in [-0.25, -0.2) is 15.0 Å². The Bertz CT molecular complexity index is 1830. The molecular weight excluding hydrogens is 576 g/mol. The molecule has 8 nitrogen and oxygen atoms in total. The summed E-state index contributed by atoms with van der Waals surface area (Å²) in [6.45, 7) is 18.3. The summed E-state index contributed by atoms with van der Waals surface area (Å²) in [6.07, 6.45) is 9.03.